The van der Waals surface area contributed by atoms with Crippen molar-refractivity contribution in [3.63, 3.8) is 0 Å². The SMILES string of the molecule is CC1CCCCCN1c1ccc(CCl)c(C(F)(F)F)c1. The molecular formula is C15H19ClF3N. The van der Waals surface area contributed by atoms with Crippen molar-refractivity contribution in [2.24, 2.45) is 0 Å². The van der Waals surface area contributed by atoms with Gasteiger partial charge in [-0.2, -0.15) is 13.2 Å². The van der Waals surface area contributed by atoms with E-state index >= 15 is 0 Å². The zero-order valence-electron chi connectivity index (χ0n) is 11.5. The molecule has 1 heterocycles. The van der Waals surface area contributed by atoms with Crippen molar-refractivity contribution in [2.45, 2.75) is 50.7 Å². The largest absolute Gasteiger partial charge is 0.416 e. The lowest BCUT2D eigenvalue weighted by Gasteiger charge is -2.30. The van der Waals surface area contributed by atoms with Gasteiger partial charge in [-0.05, 0) is 37.5 Å². The Bertz CT molecular complexity index is 459. The van der Waals surface area contributed by atoms with Crippen LogP contribution in [0.4, 0.5) is 18.9 Å². The van der Waals surface area contributed by atoms with Crippen molar-refractivity contribution in [2.75, 3.05) is 11.4 Å². The third-order valence-corrected chi connectivity index (χ3v) is 4.22. The Morgan fingerprint density at radius 2 is 2.00 bits per heavy atom. The van der Waals surface area contributed by atoms with Gasteiger partial charge < -0.3 is 4.90 Å². The summed E-state index contributed by atoms with van der Waals surface area (Å²) in [4.78, 5) is 2.08. The third-order valence-electron chi connectivity index (χ3n) is 3.93. The second-order valence-corrected chi connectivity index (χ2v) is 5.63. The first kappa shape index (κ1) is 15.5. The van der Waals surface area contributed by atoms with Gasteiger partial charge in [0.15, 0.2) is 0 Å². The molecule has 0 amide bonds. The van der Waals surface area contributed by atoms with Crippen molar-refractivity contribution >= 4 is 17.3 Å². The summed E-state index contributed by atoms with van der Waals surface area (Å²) >= 11 is 5.62. The van der Waals surface area contributed by atoms with Gasteiger partial charge >= 0.3 is 6.18 Å². The minimum atomic E-state index is -4.35. The van der Waals surface area contributed by atoms with Gasteiger partial charge in [0.2, 0.25) is 0 Å². The van der Waals surface area contributed by atoms with Crippen molar-refractivity contribution in [3.05, 3.63) is 29.3 Å². The summed E-state index contributed by atoms with van der Waals surface area (Å²) in [5, 5.41) is 0. The number of rotatable bonds is 2. The van der Waals surface area contributed by atoms with Crippen molar-refractivity contribution in [1.82, 2.24) is 0 Å². The average molecular weight is 306 g/mol. The van der Waals surface area contributed by atoms with Crippen LogP contribution in [-0.2, 0) is 12.1 Å². The zero-order chi connectivity index (χ0) is 14.8. The van der Waals surface area contributed by atoms with Gasteiger partial charge in [0.1, 0.15) is 0 Å². The summed E-state index contributed by atoms with van der Waals surface area (Å²) in [5.74, 6) is -0.120. The highest BCUT2D eigenvalue weighted by molar-refractivity contribution is 6.17. The molecule has 0 aromatic heterocycles. The van der Waals surface area contributed by atoms with Crippen LogP contribution in [0.5, 0.6) is 0 Å². The van der Waals surface area contributed by atoms with Crippen molar-refractivity contribution in [3.8, 4) is 0 Å². The van der Waals surface area contributed by atoms with E-state index in [4.69, 9.17) is 11.6 Å². The highest BCUT2D eigenvalue weighted by atomic mass is 35.5. The van der Waals surface area contributed by atoms with Crippen LogP contribution >= 0.6 is 11.6 Å². The topological polar surface area (TPSA) is 3.24 Å². The first-order valence-corrected chi connectivity index (χ1v) is 7.49. The Hall–Kier alpha value is -0.900. The molecule has 1 aliphatic rings. The number of benzene rings is 1. The van der Waals surface area contributed by atoms with Crippen LogP contribution in [0.3, 0.4) is 0 Å². The van der Waals surface area contributed by atoms with Crippen molar-refractivity contribution < 1.29 is 13.2 Å². The Morgan fingerprint density at radius 1 is 1.25 bits per heavy atom. The van der Waals surface area contributed by atoms with E-state index < -0.39 is 11.7 Å². The van der Waals surface area contributed by atoms with Gasteiger partial charge in [0.25, 0.3) is 0 Å². The van der Waals surface area contributed by atoms with Gasteiger partial charge in [0.05, 0.1) is 5.56 Å². The number of hydrogen-bond acceptors (Lipinski definition) is 1. The van der Waals surface area contributed by atoms with Crippen LogP contribution in [0, 0.1) is 0 Å². The molecular weight excluding hydrogens is 287 g/mol. The first-order chi connectivity index (χ1) is 9.43. The van der Waals surface area contributed by atoms with Gasteiger partial charge in [-0.25, -0.2) is 0 Å². The molecule has 0 N–H and O–H groups in total. The molecule has 0 bridgehead atoms. The van der Waals surface area contributed by atoms with Gasteiger partial charge in [-0.1, -0.05) is 18.9 Å². The summed E-state index contributed by atoms with van der Waals surface area (Å²) < 4.78 is 39.2. The maximum atomic E-state index is 13.1. The highest BCUT2D eigenvalue weighted by Gasteiger charge is 2.34. The standard InChI is InChI=1S/C15H19ClF3N/c1-11-5-3-2-4-8-20(11)13-7-6-12(10-16)14(9-13)15(17,18)19/h6-7,9,11H,2-5,8,10H2,1H3. The summed E-state index contributed by atoms with van der Waals surface area (Å²) in [6.07, 6.45) is -0.00678. The van der Waals surface area contributed by atoms with Crippen LogP contribution in [-0.4, -0.2) is 12.6 Å². The average Bonchev–Trinajstić information content (AvgIpc) is 2.62. The molecule has 0 saturated carbocycles. The van der Waals surface area contributed by atoms with Gasteiger partial charge in [-0.15, -0.1) is 11.6 Å². The fraction of sp³-hybridized carbons (Fsp3) is 0.600. The second kappa shape index (κ2) is 6.25. The smallest absolute Gasteiger partial charge is 0.369 e. The van der Waals surface area contributed by atoms with Gasteiger partial charge in [0, 0.05) is 24.2 Å². The maximum absolute atomic E-state index is 13.1. The molecule has 1 unspecified atom stereocenters. The molecule has 0 aliphatic carbocycles. The Labute approximate surface area is 122 Å². The van der Waals surface area contributed by atoms with E-state index in [2.05, 4.69) is 11.8 Å². The van der Waals surface area contributed by atoms with Gasteiger partial charge in [-0.3, -0.25) is 0 Å². The van der Waals surface area contributed by atoms with Crippen molar-refractivity contribution in [1.29, 1.82) is 0 Å². The molecule has 112 valence electrons. The lowest BCUT2D eigenvalue weighted by atomic mass is 10.1. The molecule has 1 aliphatic heterocycles. The summed E-state index contributed by atoms with van der Waals surface area (Å²) in [5.41, 5.74) is 0.187. The van der Waals surface area contributed by atoms with Crippen LogP contribution < -0.4 is 4.90 Å². The summed E-state index contributed by atoms with van der Waals surface area (Å²) in [7, 11) is 0. The molecule has 1 aromatic carbocycles. The molecule has 20 heavy (non-hydrogen) atoms. The molecule has 1 saturated heterocycles. The van der Waals surface area contributed by atoms with Crippen LogP contribution in [0.2, 0.25) is 0 Å². The van der Waals surface area contributed by atoms with E-state index in [1.807, 2.05) is 0 Å². The number of anilines is 1. The lowest BCUT2D eigenvalue weighted by Crippen LogP contribution is -2.32. The predicted molar refractivity (Wildman–Crippen MR) is 76.3 cm³/mol. The van der Waals surface area contributed by atoms with Crippen LogP contribution in [0.1, 0.15) is 43.7 Å². The Morgan fingerprint density at radius 3 is 2.65 bits per heavy atom. The molecule has 5 heteroatoms. The number of nitrogens with zero attached hydrogens (tertiary/aromatic N) is 1. The monoisotopic (exact) mass is 305 g/mol. The van der Waals surface area contributed by atoms with E-state index in [0.717, 1.165) is 32.2 Å². The minimum Gasteiger partial charge on any atom is -0.369 e. The maximum Gasteiger partial charge on any atom is 0.416 e. The zero-order valence-corrected chi connectivity index (χ0v) is 12.3. The molecule has 0 radical (unpaired) electrons. The molecule has 1 nitrogen and oxygen atoms in total. The fourth-order valence-corrected chi connectivity index (χ4v) is 3.02. The van der Waals surface area contributed by atoms with E-state index in [9.17, 15) is 13.2 Å². The van der Waals surface area contributed by atoms with E-state index in [1.54, 1.807) is 6.07 Å². The normalized spacial score (nSPS) is 20.9. The Kier molecular flexibility index (Phi) is 4.84. The molecule has 1 atom stereocenters. The lowest BCUT2D eigenvalue weighted by molar-refractivity contribution is -0.138. The number of alkyl halides is 4. The van der Waals surface area contributed by atoms with Crippen LogP contribution in [0.25, 0.3) is 0 Å². The molecule has 1 aromatic rings. The fourth-order valence-electron chi connectivity index (χ4n) is 2.78. The molecule has 2 rings (SSSR count). The Balaban J connectivity index is 2.37. The van der Waals surface area contributed by atoms with E-state index in [-0.39, 0.29) is 17.5 Å². The predicted octanol–water partition coefficient (Wildman–Crippen LogP) is 5.21. The first-order valence-electron chi connectivity index (χ1n) is 6.96. The van der Waals surface area contributed by atoms with Crippen LogP contribution in [0.15, 0.2) is 18.2 Å². The number of halogens is 4. The summed E-state index contributed by atoms with van der Waals surface area (Å²) in [6, 6.07) is 4.79. The second-order valence-electron chi connectivity index (χ2n) is 5.36. The van der Waals surface area contributed by atoms with E-state index in [1.165, 1.54) is 12.1 Å². The minimum absolute atomic E-state index is 0.120. The van der Waals surface area contributed by atoms with E-state index in [0.29, 0.717) is 5.69 Å². The summed E-state index contributed by atoms with van der Waals surface area (Å²) in [6.45, 7) is 2.90. The number of hydrogen-bond donors (Lipinski definition) is 0. The molecule has 1 fully saturated rings. The quantitative estimate of drug-likeness (QED) is 0.678. The molecule has 0 spiro atoms. The third kappa shape index (κ3) is 3.40. The highest BCUT2D eigenvalue weighted by Crippen LogP contribution is 2.36.